The third-order valence-corrected chi connectivity index (χ3v) is 8.03. The van der Waals surface area contributed by atoms with Gasteiger partial charge in [0.05, 0.1) is 16.8 Å². The van der Waals surface area contributed by atoms with Gasteiger partial charge in [0.1, 0.15) is 4.47 Å². The number of halogens is 1. The first-order valence-electron chi connectivity index (χ1n) is 11.1. The van der Waals surface area contributed by atoms with Gasteiger partial charge in [-0.05, 0) is 59.6 Å². The van der Waals surface area contributed by atoms with Gasteiger partial charge in [-0.3, -0.25) is 19.2 Å². The predicted molar refractivity (Wildman–Crippen MR) is 128 cm³/mol. The van der Waals surface area contributed by atoms with E-state index < -0.39 is 0 Å². The fourth-order valence-corrected chi connectivity index (χ4v) is 5.94. The molecular weight excluding hydrogens is 468 g/mol. The van der Waals surface area contributed by atoms with Gasteiger partial charge in [-0.1, -0.05) is 48.5 Å². The summed E-state index contributed by atoms with van der Waals surface area (Å²) in [4.78, 5) is 28.2. The normalized spacial score (nSPS) is 20.6. The molecule has 6 nitrogen and oxygen atoms in total. The minimum Gasteiger partial charge on any atom is -0.355 e. The molecule has 2 fully saturated rings. The maximum Gasteiger partial charge on any atom is 0.286 e. The van der Waals surface area contributed by atoms with Crippen LogP contribution in [-0.2, 0) is 18.4 Å². The van der Waals surface area contributed by atoms with Crippen LogP contribution in [0.3, 0.4) is 0 Å². The third-order valence-electron chi connectivity index (χ3n) is 7.23. The van der Waals surface area contributed by atoms with E-state index in [2.05, 4.69) is 50.4 Å². The molecule has 3 heterocycles. The number of para-hydroxylation sites is 1. The maximum atomic E-state index is 12.9. The van der Waals surface area contributed by atoms with Gasteiger partial charge < -0.3 is 5.32 Å². The zero-order valence-electron chi connectivity index (χ0n) is 18.1. The van der Waals surface area contributed by atoms with E-state index in [4.69, 9.17) is 0 Å². The van der Waals surface area contributed by atoms with Gasteiger partial charge in [-0.2, -0.15) is 0 Å². The molecule has 1 amide bonds. The average molecular weight is 495 g/mol. The van der Waals surface area contributed by atoms with E-state index in [-0.39, 0.29) is 22.8 Å². The van der Waals surface area contributed by atoms with Crippen molar-refractivity contribution < 1.29 is 4.79 Å². The first-order chi connectivity index (χ1) is 15.5. The van der Waals surface area contributed by atoms with Crippen molar-refractivity contribution >= 4 is 21.8 Å². The summed E-state index contributed by atoms with van der Waals surface area (Å²) in [5.41, 5.74) is 2.64. The van der Waals surface area contributed by atoms with E-state index in [9.17, 15) is 9.59 Å². The smallest absolute Gasteiger partial charge is 0.286 e. The highest BCUT2D eigenvalue weighted by atomic mass is 79.9. The summed E-state index contributed by atoms with van der Waals surface area (Å²) in [6.45, 7) is 3.03. The molecule has 5 rings (SSSR count). The van der Waals surface area contributed by atoms with Gasteiger partial charge in [-0.15, -0.1) is 0 Å². The molecule has 2 saturated heterocycles. The SMILES string of the molecule is Cn1c(CN2CCC3(CC2)C(=O)NCC3c2ccccc2)c(Br)c(=O)n1-c1ccccc1. The molecular formula is C25H27BrN4O2. The van der Waals surface area contributed by atoms with Crippen LogP contribution in [0.5, 0.6) is 0 Å². The van der Waals surface area contributed by atoms with Crippen LogP contribution in [0.2, 0.25) is 0 Å². The highest BCUT2D eigenvalue weighted by molar-refractivity contribution is 9.10. The summed E-state index contributed by atoms with van der Waals surface area (Å²) in [6.07, 6.45) is 1.65. The number of aromatic nitrogens is 2. The molecule has 1 unspecified atom stereocenters. The van der Waals surface area contributed by atoms with Crippen LogP contribution in [0.25, 0.3) is 5.69 Å². The number of nitrogens with one attached hydrogen (secondary N) is 1. The molecule has 0 aliphatic carbocycles. The Kier molecular flexibility index (Phi) is 5.55. The fraction of sp³-hybridized carbons (Fsp3) is 0.360. The third kappa shape index (κ3) is 3.44. The molecule has 1 N–H and O–H groups in total. The highest BCUT2D eigenvalue weighted by Gasteiger charge is 2.51. The minimum atomic E-state index is -0.336. The molecule has 1 atom stereocenters. The number of carbonyl (C=O) groups excluding carboxylic acids is 1. The summed E-state index contributed by atoms with van der Waals surface area (Å²) in [5, 5.41) is 3.13. The predicted octanol–water partition coefficient (Wildman–Crippen LogP) is 3.43. The van der Waals surface area contributed by atoms with E-state index in [1.807, 2.05) is 48.1 Å². The molecule has 1 spiro atoms. The van der Waals surface area contributed by atoms with Crippen molar-refractivity contribution in [2.45, 2.75) is 25.3 Å². The molecule has 0 saturated carbocycles. The van der Waals surface area contributed by atoms with Crippen molar-refractivity contribution in [1.82, 2.24) is 19.6 Å². The molecule has 166 valence electrons. The van der Waals surface area contributed by atoms with Gasteiger partial charge in [0.2, 0.25) is 5.91 Å². The van der Waals surface area contributed by atoms with Crippen molar-refractivity contribution in [3.63, 3.8) is 0 Å². The summed E-state index contributed by atoms with van der Waals surface area (Å²) in [5.74, 6) is 0.406. The number of likely N-dealkylation sites (tertiary alicyclic amines) is 1. The van der Waals surface area contributed by atoms with Gasteiger partial charge in [0.15, 0.2) is 0 Å². The standard InChI is InChI=1S/C25H27BrN4O2/c1-28-21(22(26)23(31)30(28)19-10-6-3-7-11-19)17-29-14-12-25(13-15-29)20(16-27-24(25)32)18-8-4-2-5-9-18/h2-11,20H,12-17H2,1H3,(H,27,32). The van der Waals surface area contributed by atoms with Gasteiger partial charge in [-0.25, -0.2) is 4.68 Å². The van der Waals surface area contributed by atoms with Gasteiger partial charge >= 0.3 is 0 Å². The lowest BCUT2D eigenvalue weighted by Gasteiger charge is -2.41. The number of benzene rings is 2. The lowest BCUT2D eigenvalue weighted by Crippen LogP contribution is -2.45. The number of hydrogen-bond donors (Lipinski definition) is 1. The average Bonchev–Trinajstić information content (AvgIpc) is 3.25. The van der Waals surface area contributed by atoms with Crippen LogP contribution >= 0.6 is 15.9 Å². The van der Waals surface area contributed by atoms with Crippen LogP contribution in [0, 0.1) is 5.41 Å². The topological polar surface area (TPSA) is 59.3 Å². The second-order valence-corrected chi connectivity index (χ2v) is 9.64. The number of carbonyl (C=O) groups is 1. The van der Waals surface area contributed by atoms with E-state index in [1.165, 1.54) is 5.56 Å². The van der Waals surface area contributed by atoms with Crippen LogP contribution < -0.4 is 10.9 Å². The molecule has 1 aromatic heterocycles. The van der Waals surface area contributed by atoms with Crippen LogP contribution in [-0.4, -0.2) is 39.8 Å². The Hall–Kier alpha value is -2.64. The Morgan fingerprint density at radius 3 is 2.28 bits per heavy atom. The summed E-state index contributed by atoms with van der Waals surface area (Å²) < 4.78 is 4.23. The summed E-state index contributed by atoms with van der Waals surface area (Å²) >= 11 is 3.54. The van der Waals surface area contributed by atoms with Crippen molar-refractivity contribution in [3.05, 3.63) is 86.7 Å². The molecule has 2 aromatic carbocycles. The Balaban J connectivity index is 1.36. The molecule has 2 aliphatic rings. The summed E-state index contributed by atoms with van der Waals surface area (Å²) in [6, 6.07) is 20.1. The number of rotatable bonds is 4. The van der Waals surface area contributed by atoms with Crippen molar-refractivity contribution in [2.75, 3.05) is 19.6 Å². The highest BCUT2D eigenvalue weighted by Crippen LogP contribution is 2.47. The fourth-order valence-electron chi connectivity index (χ4n) is 5.39. The quantitative estimate of drug-likeness (QED) is 0.604. The summed E-state index contributed by atoms with van der Waals surface area (Å²) in [7, 11) is 1.93. The van der Waals surface area contributed by atoms with Gasteiger partial charge in [0, 0.05) is 26.1 Å². The number of nitrogens with zero attached hydrogens (tertiary/aromatic N) is 3. The zero-order valence-corrected chi connectivity index (χ0v) is 19.7. The van der Waals surface area contributed by atoms with Crippen LogP contribution in [0.1, 0.15) is 30.0 Å². The molecule has 0 radical (unpaired) electrons. The number of hydrogen-bond acceptors (Lipinski definition) is 3. The molecule has 0 bridgehead atoms. The molecule has 3 aromatic rings. The zero-order chi connectivity index (χ0) is 22.3. The maximum absolute atomic E-state index is 12.9. The van der Waals surface area contributed by atoms with E-state index in [1.54, 1.807) is 4.68 Å². The first kappa shape index (κ1) is 21.2. The van der Waals surface area contributed by atoms with E-state index in [0.29, 0.717) is 17.6 Å². The Bertz CT molecular complexity index is 1180. The Morgan fingerprint density at radius 2 is 1.62 bits per heavy atom. The lowest BCUT2D eigenvalue weighted by atomic mass is 9.68. The van der Waals surface area contributed by atoms with Crippen molar-refractivity contribution in [1.29, 1.82) is 0 Å². The molecule has 32 heavy (non-hydrogen) atoms. The largest absolute Gasteiger partial charge is 0.355 e. The minimum absolute atomic E-state index is 0.0542. The number of amides is 1. The van der Waals surface area contributed by atoms with Crippen molar-refractivity contribution in [3.8, 4) is 5.69 Å². The van der Waals surface area contributed by atoms with E-state index >= 15 is 0 Å². The monoisotopic (exact) mass is 494 g/mol. The van der Waals surface area contributed by atoms with Gasteiger partial charge in [0.25, 0.3) is 5.56 Å². The number of piperidine rings is 1. The Morgan fingerprint density at radius 1 is 1.00 bits per heavy atom. The molecule has 2 aliphatic heterocycles. The van der Waals surface area contributed by atoms with Crippen LogP contribution in [0.15, 0.2) is 69.9 Å². The van der Waals surface area contributed by atoms with Crippen molar-refractivity contribution in [2.24, 2.45) is 12.5 Å². The van der Waals surface area contributed by atoms with E-state index in [0.717, 1.165) is 37.3 Å². The Labute approximate surface area is 196 Å². The molecule has 7 heteroatoms. The lowest BCUT2D eigenvalue weighted by molar-refractivity contribution is -0.130. The second-order valence-electron chi connectivity index (χ2n) is 8.84. The first-order valence-corrected chi connectivity index (χ1v) is 11.9. The second kappa shape index (κ2) is 8.37. The van der Waals surface area contributed by atoms with Crippen LogP contribution in [0.4, 0.5) is 0 Å².